The number of halogens is 1. The first kappa shape index (κ1) is 12.1. The van der Waals surface area contributed by atoms with Crippen molar-refractivity contribution in [3.05, 3.63) is 43.2 Å². The van der Waals surface area contributed by atoms with Crippen molar-refractivity contribution in [2.75, 3.05) is 0 Å². The number of aromatic nitrogens is 2. The molecule has 0 aliphatic rings. The van der Waals surface area contributed by atoms with Crippen molar-refractivity contribution in [1.29, 1.82) is 0 Å². The van der Waals surface area contributed by atoms with Gasteiger partial charge < -0.3 is 10.1 Å². The second-order valence-corrected chi connectivity index (χ2v) is 4.93. The second-order valence-electron chi connectivity index (χ2n) is 3.85. The van der Waals surface area contributed by atoms with Crippen LogP contribution in [-0.2, 0) is 0 Å². The van der Waals surface area contributed by atoms with E-state index in [4.69, 9.17) is 0 Å². The Morgan fingerprint density at radius 1 is 1.29 bits per heavy atom. The van der Waals surface area contributed by atoms with Gasteiger partial charge in [-0.25, -0.2) is 0 Å². The minimum absolute atomic E-state index is 0.204. The molecule has 0 aliphatic heterocycles. The van der Waals surface area contributed by atoms with E-state index in [1.165, 1.54) is 5.56 Å². The molecular formula is C12H11IN2O2. The third-order valence-electron chi connectivity index (χ3n) is 2.63. The molecule has 2 rings (SSSR count). The Labute approximate surface area is 112 Å². The van der Waals surface area contributed by atoms with Crippen LogP contribution in [0.5, 0.6) is 5.88 Å². The monoisotopic (exact) mass is 342 g/mol. The van der Waals surface area contributed by atoms with Crippen LogP contribution >= 0.6 is 22.6 Å². The van der Waals surface area contributed by atoms with Gasteiger partial charge >= 0.3 is 0 Å². The molecule has 2 N–H and O–H groups in total. The molecule has 0 fully saturated rings. The minimum atomic E-state index is -0.327. The van der Waals surface area contributed by atoms with E-state index in [0.29, 0.717) is 5.82 Å². The lowest BCUT2D eigenvalue weighted by Crippen LogP contribution is -2.12. The lowest BCUT2D eigenvalue weighted by molar-refractivity contribution is 0.447. The lowest BCUT2D eigenvalue weighted by Gasteiger charge is -2.05. The Morgan fingerprint density at radius 3 is 2.59 bits per heavy atom. The SMILES string of the molecule is Cc1ccc(-c2nc(O)c(I)c(=O)[nH]2)cc1C. The van der Waals surface area contributed by atoms with Crippen LogP contribution in [0.2, 0.25) is 0 Å². The smallest absolute Gasteiger partial charge is 0.268 e. The summed E-state index contributed by atoms with van der Waals surface area (Å²) >= 11 is 1.76. The zero-order valence-electron chi connectivity index (χ0n) is 9.41. The summed E-state index contributed by atoms with van der Waals surface area (Å²) in [5, 5.41) is 9.53. The van der Waals surface area contributed by atoms with Gasteiger partial charge in [-0.05, 0) is 53.6 Å². The Bertz CT molecular complexity index is 635. The normalized spacial score (nSPS) is 10.5. The highest BCUT2D eigenvalue weighted by Gasteiger charge is 2.09. The topological polar surface area (TPSA) is 66.0 Å². The van der Waals surface area contributed by atoms with E-state index in [0.717, 1.165) is 11.1 Å². The predicted octanol–water partition coefficient (Wildman–Crippen LogP) is 2.36. The highest BCUT2D eigenvalue weighted by Crippen LogP contribution is 2.20. The molecule has 0 amide bonds. The van der Waals surface area contributed by atoms with Gasteiger partial charge in [0.25, 0.3) is 5.56 Å². The van der Waals surface area contributed by atoms with Crippen molar-refractivity contribution < 1.29 is 5.11 Å². The molecule has 5 heteroatoms. The van der Waals surface area contributed by atoms with Crippen LogP contribution in [-0.4, -0.2) is 15.1 Å². The lowest BCUT2D eigenvalue weighted by atomic mass is 10.1. The van der Waals surface area contributed by atoms with Crippen molar-refractivity contribution in [2.45, 2.75) is 13.8 Å². The third kappa shape index (κ3) is 2.33. The van der Waals surface area contributed by atoms with Gasteiger partial charge in [-0.1, -0.05) is 12.1 Å². The van der Waals surface area contributed by atoms with Gasteiger partial charge in [0.1, 0.15) is 9.39 Å². The van der Waals surface area contributed by atoms with Gasteiger partial charge in [0.05, 0.1) is 0 Å². The number of H-pyrrole nitrogens is 1. The largest absolute Gasteiger partial charge is 0.492 e. The molecule has 4 nitrogen and oxygen atoms in total. The summed E-state index contributed by atoms with van der Waals surface area (Å²) in [7, 11) is 0. The van der Waals surface area contributed by atoms with Crippen LogP contribution in [0.15, 0.2) is 23.0 Å². The molecule has 0 spiro atoms. The maximum atomic E-state index is 11.5. The van der Waals surface area contributed by atoms with E-state index in [9.17, 15) is 9.90 Å². The zero-order valence-corrected chi connectivity index (χ0v) is 11.6. The molecule has 0 bridgehead atoms. The summed E-state index contributed by atoms with van der Waals surface area (Å²) < 4.78 is 0.204. The number of nitrogens with one attached hydrogen (secondary N) is 1. The van der Waals surface area contributed by atoms with E-state index in [1.807, 2.05) is 32.0 Å². The maximum absolute atomic E-state index is 11.5. The predicted molar refractivity (Wildman–Crippen MR) is 74.1 cm³/mol. The van der Waals surface area contributed by atoms with E-state index in [1.54, 1.807) is 22.6 Å². The number of aryl methyl sites for hydroxylation is 2. The Balaban J connectivity index is 2.61. The number of hydrogen-bond acceptors (Lipinski definition) is 3. The standard InChI is InChI=1S/C12H11IN2O2/c1-6-3-4-8(5-7(6)2)10-14-11(16)9(13)12(17)15-10/h3-5H,1-2H3,(H2,14,15,16,17). The van der Waals surface area contributed by atoms with Crippen LogP contribution < -0.4 is 5.56 Å². The van der Waals surface area contributed by atoms with Gasteiger partial charge in [0.2, 0.25) is 5.88 Å². The molecule has 0 saturated carbocycles. The molecule has 0 aliphatic carbocycles. The molecule has 1 aromatic heterocycles. The molecule has 0 unspecified atom stereocenters. The van der Waals surface area contributed by atoms with Crippen molar-refractivity contribution in [3.63, 3.8) is 0 Å². The van der Waals surface area contributed by atoms with Crippen LogP contribution in [0.1, 0.15) is 11.1 Å². The first-order valence-corrected chi connectivity index (χ1v) is 6.13. The fourth-order valence-electron chi connectivity index (χ4n) is 1.47. The first-order valence-electron chi connectivity index (χ1n) is 5.05. The molecule has 88 valence electrons. The van der Waals surface area contributed by atoms with Gasteiger partial charge in [-0.2, -0.15) is 4.98 Å². The summed E-state index contributed by atoms with van der Waals surface area (Å²) in [4.78, 5) is 18.1. The quantitative estimate of drug-likeness (QED) is 0.782. The Kier molecular flexibility index (Phi) is 3.19. The summed E-state index contributed by atoms with van der Waals surface area (Å²) in [5.41, 5.74) is 2.75. The second kappa shape index (κ2) is 4.48. The molecule has 0 saturated heterocycles. The average Bonchev–Trinajstić information content (AvgIpc) is 2.29. The highest BCUT2D eigenvalue weighted by atomic mass is 127. The first-order chi connectivity index (χ1) is 7.99. The van der Waals surface area contributed by atoms with Crippen LogP contribution in [0, 0.1) is 17.4 Å². The van der Waals surface area contributed by atoms with Crippen LogP contribution in [0.4, 0.5) is 0 Å². The Hall–Kier alpha value is -1.37. The molecule has 1 aromatic carbocycles. The summed E-state index contributed by atoms with van der Waals surface area (Å²) in [6.07, 6.45) is 0. The van der Waals surface area contributed by atoms with E-state index in [2.05, 4.69) is 9.97 Å². The van der Waals surface area contributed by atoms with Crippen molar-refractivity contribution >= 4 is 22.6 Å². The number of rotatable bonds is 1. The summed E-state index contributed by atoms with van der Waals surface area (Å²) in [6.45, 7) is 4.00. The number of nitrogens with zero attached hydrogens (tertiary/aromatic N) is 1. The van der Waals surface area contributed by atoms with Crippen molar-refractivity contribution in [2.24, 2.45) is 0 Å². The third-order valence-corrected chi connectivity index (χ3v) is 3.60. The van der Waals surface area contributed by atoms with Gasteiger partial charge in [-0.15, -0.1) is 0 Å². The highest BCUT2D eigenvalue weighted by molar-refractivity contribution is 14.1. The van der Waals surface area contributed by atoms with E-state index < -0.39 is 0 Å². The fourth-order valence-corrected chi connectivity index (χ4v) is 1.73. The number of aromatic hydroxyl groups is 1. The molecule has 1 heterocycles. The summed E-state index contributed by atoms with van der Waals surface area (Å²) in [5.74, 6) is 0.151. The van der Waals surface area contributed by atoms with Crippen LogP contribution in [0.25, 0.3) is 11.4 Å². The minimum Gasteiger partial charge on any atom is -0.492 e. The van der Waals surface area contributed by atoms with E-state index in [-0.39, 0.29) is 15.0 Å². The zero-order chi connectivity index (χ0) is 12.6. The Morgan fingerprint density at radius 2 is 2.00 bits per heavy atom. The number of benzene rings is 1. The van der Waals surface area contributed by atoms with Gasteiger partial charge in [0.15, 0.2) is 0 Å². The number of hydrogen-bond donors (Lipinski definition) is 2. The average molecular weight is 342 g/mol. The molecule has 17 heavy (non-hydrogen) atoms. The molecule has 0 radical (unpaired) electrons. The number of aromatic amines is 1. The summed E-state index contributed by atoms with van der Waals surface area (Å²) in [6, 6.07) is 5.76. The van der Waals surface area contributed by atoms with Gasteiger partial charge in [-0.3, -0.25) is 4.79 Å². The fraction of sp³-hybridized carbons (Fsp3) is 0.167. The molecular weight excluding hydrogens is 331 g/mol. The molecule has 2 aromatic rings. The van der Waals surface area contributed by atoms with Crippen molar-refractivity contribution in [1.82, 2.24) is 9.97 Å². The maximum Gasteiger partial charge on any atom is 0.268 e. The van der Waals surface area contributed by atoms with Crippen LogP contribution in [0.3, 0.4) is 0 Å². The van der Waals surface area contributed by atoms with E-state index >= 15 is 0 Å². The molecule has 0 atom stereocenters. The van der Waals surface area contributed by atoms with Gasteiger partial charge in [0, 0.05) is 5.56 Å². The van der Waals surface area contributed by atoms with Crippen molar-refractivity contribution in [3.8, 4) is 17.3 Å².